The maximum absolute atomic E-state index is 12.2. The number of piperidine rings is 1. The number of carbonyl (C=O) groups is 1. The molecule has 0 aliphatic carbocycles. The van der Waals surface area contributed by atoms with Gasteiger partial charge in [0.1, 0.15) is 5.01 Å². The quantitative estimate of drug-likeness (QED) is 0.911. The number of amides is 1. The molecule has 4 nitrogen and oxygen atoms in total. The van der Waals surface area contributed by atoms with E-state index >= 15 is 0 Å². The van der Waals surface area contributed by atoms with Crippen LogP contribution >= 0.6 is 23.7 Å². The largest absolute Gasteiger partial charge is 0.325 e. The molecule has 1 fully saturated rings. The number of anilines is 1. The highest BCUT2D eigenvalue weighted by molar-refractivity contribution is 7.13. The molecule has 1 aromatic carbocycles. The molecule has 0 unspecified atom stereocenters. The standard InChI is InChI=1S/C15H17N3OS.ClH/c19-14(13-6-1-2-7-16-13)18-12-5-3-4-11(10-12)15-17-8-9-20-15;/h3-5,8-10,13,16H,1-2,6-7H2,(H,18,19);1H/t13-;/m1./s1. The van der Waals surface area contributed by atoms with E-state index in [1.807, 2.05) is 29.6 Å². The summed E-state index contributed by atoms with van der Waals surface area (Å²) in [5.74, 6) is 0.0565. The molecule has 1 atom stereocenters. The fraction of sp³-hybridized carbons (Fsp3) is 0.333. The zero-order valence-corrected chi connectivity index (χ0v) is 13.2. The summed E-state index contributed by atoms with van der Waals surface area (Å²) in [5.41, 5.74) is 1.87. The second kappa shape index (κ2) is 7.54. The highest BCUT2D eigenvalue weighted by Gasteiger charge is 2.20. The van der Waals surface area contributed by atoms with E-state index in [1.54, 1.807) is 17.5 Å². The Balaban J connectivity index is 0.00000161. The summed E-state index contributed by atoms with van der Waals surface area (Å²) in [5, 5.41) is 9.17. The summed E-state index contributed by atoms with van der Waals surface area (Å²) in [6, 6.07) is 7.78. The van der Waals surface area contributed by atoms with Gasteiger partial charge in [-0.05, 0) is 31.5 Å². The van der Waals surface area contributed by atoms with E-state index in [-0.39, 0.29) is 24.4 Å². The fourth-order valence-electron chi connectivity index (χ4n) is 2.40. The van der Waals surface area contributed by atoms with E-state index in [4.69, 9.17) is 0 Å². The number of nitrogens with one attached hydrogen (secondary N) is 2. The molecule has 0 saturated carbocycles. The Bertz CT molecular complexity index is 582. The SMILES string of the molecule is Cl.O=C(Nc1cccc(-c2nccs2)c1)[C@H]1CCCCN1. The molecule has 21 heavy (non-hydrogen) atoms. The van der Waals surface area contributed by atoms with Gasteiger partial charge in [0, 0.05) is 22.8 Å². The summed E-state index contributed by atoms with van der Waals surface area (Å²) < 4.78 is 0. The lowest BCUT2D eigenvalue weighted by atomic mass is 10.0. The summed E-state index contributed by atoms with van der Waals surface area (Å²) in [6.07, 6.45) is 4.97. The van der Waals surface area contributed by atoms with Crippen LogP contribution in [0, 0.1) is 0 Å². The van der Waals surface area contributed by atoms with Gasteiger partial charge in [-0.15, -0.1) is 23.7 Å². The van der Waals surface area contributed by atoms with E-state index in [1.165, 1.54) is 0 Å². The van der Waals surface area contributed by atoms with Crippen LogP contribution in [-0.4, -0.2) is 23.5 Å². The van der Waals surface area contributed by atoms with Crippen LogP contribution in [-0.2, 0) is 4.79 Å². The Kier molecular flexibility index (Phi) is 5.73. The highest BCUT2D eigenvalue weighted by atomic mass is 35.5. The zero-order valence-electron chi connectivity index (χ0n) is 11.5. The Morgan fingerprint density at radius 3 is 3.00 bits per heavy atom. The predicted molar refractivity (Wildman–Crippen MR) is 89.1 cm³/mol. The zero-order chi connectivity index (χ0) is 13.8. The van der Waals surface area contributed by atoms with Crippen molar-refractivity contribution in [2.24, 2.45) is 0 Å². The predicted octanol–water partition coefficient (Wildman–Crippen LogP) is 3.31. The third-order valence-corrected chi connectivity index (χ3v) is 4.26. The van der Waals surface area contributed by atoms with Crippen molar-refractivity contribution < 1.29 is 4.79 Å². The van der Waals surface area contributed by atoms with Gasteiger partial charge >= 0.3 is 0 Å². The number of nitrogens with zero attached hydrogens (tertiary/aromatic N) is 1. The second-order valence-electron chi connectivity index (χ2n) is 4.91. The van der Waals surface area contributed by atoms with Gasteiger partial charge in [-0.1, -0.05) is 18.6 Å². The number of halogens is 1. The molecule has 2 N–H and O–H groups in total. The molecule has 0 radical (unpaired) electrons. The van der Waals surface area contributed by atoms with Crippen LogP contribution in [0.15, 0.2) is 35.8 Å². The van der Waals surface area contributed by atoms with Crippen molar-refractivity contribution in [3.8, 4) is 10.6 Å². The molecular formula is C15H18ClN3OS. The third kappa shape index (κ3) is 4.03. The lowest BCUT2D eigenvalue weighted by Crippen LogP contribution is -2.43. The molecule has 1 aliphatic rings. The number of carbonyl (C=O) groups excluding carboxylic acids is 1. The maximum atomic E-state index is 12.2. The molecule has 0 bridgehead atoms. The van der Waals surface area contributed by atoms with E-state index < -0.39 is 0 Å². The first-order valence-electron chi connectivity index (χ1n) is 6.87. The molecule has 112 valence electrons. The van der Waals surface area contributed by atoms with Crippen LogP contribution in [0.3, 0.4) is 0 Å². The van der Waals surface area contributed by atoms with Gasteiger partial charge in [0.2, 0.25) is 5.91 Å². The molecule has 2 aromatic rings. The maximum Gasteiger partial charge on any atom is 0.241 e. The third-order valence-electron chi connectivity index (χ3n) is 3.44. The number of thiazole rings is 1. The minimum Gasteiger partial charge on any atom is -0.325 e. The molecule has 6 heteroatoms. The summed E-state index contributed by atoms with van der Waals surface area (Å²) in [6.45, 7) is 0.928. The Hall–Kier alpha value is -1.43. The van der Waals surface area contributed by atoms with E-state index in [0.717, 1.165) is 42.1 Å². The summed E-state index contributed by atoms with van der Waals surface area (Å²) in [4.78, 5) is 16.5. The molecule has 1 amide bonds. The average molecular weight is 324 g/mol. The molecule has 1 aliphatic heterocycles. The first kappa shape index (κ1) is 15.9. The number of benzene rings is 1. The van der Waals surface area contributed by atoms with E-state index in [2.05, 4.69) is 15.6 Å². The monoisotopic (exact) mass is 323 g/mol. The van der Waals surface area contributed by atoms with Crippen LogP contribution in [0.1, 0.15) is 19.3 Å². The molecule has 0 spiro atoms. The lowest BCUT2D eigenvalue weighted by Gasteiger charge is -2.22. The molecular weight excluding hydrogens is 306 g/mol. The first-order valence-corrected chi connectivity index (χ1v) is 7.75. The van der Waals surface area contributed by atoms with Gasteiger partial charge in [-0.25, -0.2) is 4.98 Å². The van der Waals surface area contributed by atoms with Gasteiger partial charge in [0.05, 0.1) is 6.04 Å². The smallest absolute Gasteiger partial charge is 0.241 e. The summed E-state index contributed by atoms with van der Waals surface area (Å²) >= 11 is 1.60. The van der Waals surface area contributed by atoms with Gasteiger partial charge < -0.3 is 10.6 Å². The Labute approximate surface area is 134 Å². The first-order chi connectivity index (χ1) is 9.83. The normalized spacial score (nSPS) is 17.8. The van der Waals surface area contributed by atoms with Crippen molar-refractivity contribution in [1.82, 2.24) is 10.3 Å². The fourth-order valence-corrected chi connectivity index (χ4v) is 3.04. The molecule has 1 saturated heterocycles. The van der Waals surface area contributed by atoms with Crippen LogP contribution in [0.25, 0.3) is 10.6 Å². The van der Waals surface area contributed by atoms with Crippen molar-refractivity contribution in [2.75, 3.05) is 11.9 Å². The van der Waals surface area contributed by atoms with Crippen molar-refractivity contribution in [3.63, 3.8) is 0 Å². The number of hydrogen-bond donors (Lipinski definition) is 2. The van der Waals surface area contributed by atoms with Gasteiger partial charge in [-0.2, -0.15) is 0 Å². The van der Waals surface area contributed by atoms with Crippen molar-refractivity contribution >= 4 is 35.3 Å². The molecule has 1 aromatic heterocycles. The minimum absolute atomic E-state index is 0. The second-order valence-corrected chi connectivity index (χ2v) is 5.80. The van der Waals surface area contributed by atoms with E-state index in [0.29, 0.717) is 0 Å². The topological polar surface area (TPSA) is 54.0 Å². The molecule has 3 rings (SSSR count). The van der Waals surface area contributed by atoms with Crippen LogP contribution < -0.4 is 10.6 Å². The lowest BCUT2D eigenvalue weighted by molar-refractivity contribution is -0.118. The van der Waals surface area contributed by atoms with Crippen LogP contribution in [0.4, 0.5) is 5.69 Å². The number of aromatic nitrogens is 1. The molecule has 2 heterocycles. The number of rotatable bonds is 3. The van der Waals surface area contributed by atoms with Crippen LogP contribution in [0.5, 0.6) is 0 Å². The van der Waals surface area contributed by atoms with Gasteiger partial charge in [0.15, 0.2) is 0 Å². The van der Waals surface area contributed by atoms with Gasteiger partial charge in [0.25, 0.3) is 0 Å². The van der Waals surface area contributed by atoms with Crippen LogP contribution in [0.2, 0.25) is 0 Å². The van der Waals surface area contributed by atoms with Crippen molar-refractivity contribution in [1.29, 1.82) is 0 Å². The van der Waals surface area contributed by atoms with Crippen molar-refractivity contribution in [2.45, 2.75) is 25.3 Å². The Morgan fingerprint density at radius 2 is 2.29 bits per heavy atom. The van der Waals surface area contributed by atoms with E-state index in [9.17, 15) is 4.79 Å². The summed E-state index contributed by atoms with van der Waals surface area (Å²) in [7, 11) is 0. The average Bonchev–Trinajstić information content (AvgIpc) is 3.03. The van der Waals surface area contributed by atoms with Gasteiger partial charge in [-0.3, -0.25) is 4.79 Å². The minimum atomic E-state index is -0.0627. The number of hydrogen-bond acceptors (Lipinski definition) is 4. The Morgan fingerprint density at radius 1 is 1.38 bits per heavy atom. The highest BCUT2D eigenvalue weighted by Crippen LogP contribution is 2.24. The van der Waals surface area contributed by atoms with Crippen molar-refractivity contribution in [3.05, 3.63) is 35.8 Å².